The Bertz CT molecular complexity index is 977. The molecule has 1 aliphatic heterocycles. The number of fused-ring (bicyclic) bond motifs is 1. The van der Waals surface area contributed by atoms with E-state index in [1.807, 2.05) is 24.3 Å². The van der Waals surface area contributed by atoms with Gasteiger partial charge >= 0.3 is 5.97 Å². The van der Waals surface area contributed by atoms with Crippen molar-refractivity contribution in [1.82, 2.24) is 19.5 Å². The molecule has 3 heterocycles. The molecule has 1 aromatic carbocycles. The number of esters is 1. The largest absolute Gasteiger partial charge is 0.497 e. The molecule has 0 radical (unpaired) electrons. The number of piperidine rings is 1. The molecular weight excluding hydrogens is 380 g/mol. The molecule has 0 saturated carbocycles. The summed E-state index contributed by atoms with van der Waals surface area (Å²) in [7, 11) is 3.07. The van der Waals surface area contributed by atoms with E-state index in [1.54, 1.807) is 7.11 Å². The van der Waals surface area contributed by atoms with E-state index < -0.39 is 0 Å². The van der Waals surface area contributed by atoms with E-state index in [1.165, 1.54) is 29.3 Å². The second kappa shape index (κ2) is 7.76. The first kappa shape index (κ1) is 18.7. The molecule has 0 amide bonds. The van der Waals surface area contributed by atoms with E-state index in [4.69, 9.17) is 9.47 Å². The van der Waals surface area contributed by atoms with Crippen LogP contribution in [0.25, 0.3) is 4.96 Å². The van der Waals surface area contributed by atoms with Gasteiger partial charge in [0.25, 0.3) is 0 Å². The van der Waals surface area contributed by atoms with Crippen LogP contribution >= 0.6 is 11.3 Å². The molecule has 3 aromatic rings. The number of rotatable bonds is 5. The molecule has 2 aromatic heterocycles. The van der Waals surface area contributed by atoms with Gasteiger partial charge in [0.15, 0.2) is 0 Å². The van der Waals surface area contributed by atoms with Crippen molar-refractivity contribution < 1.29 is 19.4 Å². The number of likely N-dealkylation sites (tertiary alicyclic amines) is 1. The summed E-state index contributed by atoms with van der Waals surface area (Å²) in [6.07, 6.45) is 2.86. The third-order valence-electron chi connectivity index (χ3n) is 5.23. The fourth-order valence-corrected chi connectivity index (χ4v) is 4.86. The number of ether oxygens (including phenoxy) is 2. The molecule has 1 atom stereocenters. The van der Waals surface area contributed by atoms with Crippen LogP contribution in [-0.4, -0.2) is 57.9 Å². The van der Waals surface area contributed by atoms with Gasteiger partial charge < -0.3 is 14.6 Å². The minimum atomic E-state index is -0.179. The first-order valence-electron chi connectivity index (χ1n) is 9.09. The van der Waals surface area contributed by atoms with Crippen molar-refractivity contribution >= 4 is 22.3 Å². The lowest BCUT2D eigenvalue weighted by molar-refractivity contribution is -0.147. The Balaban J connectivity index is 1.71. The van der Waals surface area contributed by atoms with Crippen LogP contribution in [0.15, 0.2) is 30.6 Å². The van der Waals surface area contributed by atoms with Gasteiger partial charge in [-0.25, -0.2) is 4.98 Å². The predicted octanol–water partition coefficient (Wildman–Crippen LogP) is 2.48. The fraction of sp³-hybridized carbons (Fsp3) is 0.421. The Labute approximate surface area is 166 Å². The van der Waals surface area contributed by atoms with Crippen LogP contribution in [0.5, 0.6) is 11.6 Å². The van der Waals surface area contributed by atoms with Crippen molar-refractivity contribution in [2.45, 2.75) is 18.9 Å². The van der Waals surface area contributed by atoms with Crippen LogP contribution in [0, 0.1) is 5.92 Å². The maximum Gasteiger partial charge on any atom is 0.308 e. The highest BCUT2D eigenvalue weighted by Gasteiger charge is 2.34. The molecule has 0 unspecified atom stereocenters. The highest BCUT2D eigenvalue weighted by atomic mass is 32.1. The molecule has 148 valence electrons. The van der Waals surface area contributed by atoms with E-state index in [0.717, 1.165) is 16.2 Å². The number of benzene rings is 1. The SMILES string of the molecule is COC(=O)C1CCN([C@@H](c2cccc(OC)c2)c2sc3ncnn3c2O)CC1. The zero-order chi connectivity index (χ0) is 19.7. The van der Waals surface area contributed by atoms with Gasteiger partial charge in [0.05, 0.1) is 31.1 Å². The van der Waals surface area contributed by atoms with E-state index in [9.17, 15) is 9.90 Å². The van der Waals surface area contributed by atoms with Gasteiger partial charge in [-0.3, -0.25) is 9.69 Å². The zero-order valence-corrected chi connectivity index (χ0v) is 16.6. The van der Waals surface area contributed by atoms with Gasteiger partial charge in [-0.2, -0.15) is 9.61 Å². The van der Waals surface area contributed by atoms with Crippen molar-refractivity contribution in [1.29, 1.82) is 0 Å². The molecule has 0 spiro atoms. The van der Waals surface area contributed by atoms with Crippen LogP contribution < -0.4 is 4.74 Å². The van der Waals surface area contributed by atoms with Crippen molar-refractivity contribution in [2.75, 3.05) is 27.3 Å². The van der Waals surface area contributed by atoms with Gasteiger partial charge in [0, 0.05) is 0 Å². The minimum absolute atomic E-state index is 0.0804. The lowest BCUT2D eigenvalue weighted by atomic mass is 9.93. The summed E-state index contributed by atoms with van der Waals surface area (Å²) < 4.78 is 11.8. The topological polar surface area (TPSA) is 89.2 Å². The highest BCUT2D eigenvalue weighted by molar-refractivity contribution is 7.17. The molecule has 0 aliphatic carbocycles. The smallest absolute Gasteiger partial charge is 0.308 e. The molecule has 1 N–H and O–H groups in total. The van der Waals surface area contributed by atoms with Crippen LogP contribution in [-0.2, 0) is 9.53 Å². The quantitative estimate of drug-likeness (QED) is 0.656. The molecule has 4 rings (SSSR count). The summed E-state index contributed by atoms with van der Waals surface area (Å²) in [5, 5.41) is 14.9. The lowest BCUT2D eigenvalue weighted by Crippen LogP contribution is -2.39. The first-order valence-corrected chi connectivity index (χ1v) is 9.91. The average Bonchev–Trinajstić information content (AvgIpc) is 3.32. The Morgan fingerprint density at radius 1 is 1.32 bits per heavy atom. The maximum atomic E-state index is 11.9. The maximum absolute atomic E-state index is 11.9. The number of aromatic hydroxyl groups is 1. The van der Waals surface area contributed by atoms with Gasteiger partial charge in [-0.05, 0) is 43.6 Å². The van der Waals surface area contributed by atoms with Gasteiger partial charge in [0.1, 0.15) is 12.1 Å². The molecule has 28 heavy (non-hydrogen) atoms. The number of hydrogen-bond acceptors (Lipinski definition) is 8. The van der Waals surface area contributed by atoms with Crippen LogP contribution in [0.2, 0.25) is 0 Å². The van der Waals surface area contributed by atoms with Crippen molar-refractivity contribution in [3.05, 3.63) is 41.0 Å². The predicted molar refractivity (Wildman–Crippen MR) is 104 cm³/mol. The normalized spacial score (nSPS) is 16.9. The van der Waals surface area contributed by atoms with Crippen molar-refractivity contribution in [3.8, 4) is 11.6 Å². The van der Waals surface area contributed by atoms with Crippen LogP contribution in [0.3, 0.4) is 0 Å². The standard InChI is InChI=1S/C19H22N4O4S/c1-26-14-5-3-4-13(10-14)15(16-17(24)23-19(28-16)20-11-21-23)22-8-6-12(7-9-22)18(25)27-2/h3-5,10-12,15,24H,6-9H2,1-2H3/t15-/m0/s1. The number of carbonyl (C=O) groups excluding carboxylic acids is 1. The van der Waals surface area contributed by atoms with E-state index in [-0.39, 0.29) is 23.8 Å². The monoisotopic (exact) mass is 402 g/mol. The van der Waals surface area contributed by atoms with Crippen LogP contribution in [0.4, 0.5) is 0 Å². The molecule has 0 bridgehead atoms. The molecule has 1 saturated heterocycles. The Morgan fingerprint density at radius 2 is 2.11 bits per heavy atom. The Morgan fingerprint density at radius 3 is 2.79 bits per heavy atom. The fourth-order valence-electron chi connectivity index (χ4n) is 3.77. The molecular formula is C19H22N4O4S. The average molecular weight is 402 g/mol. The van der Waals surface area contributed by atoms with Gasteiger partial charge in [-0.1, -0.05) is 23.5 Å². The second-order valence-corrected chi connectivity index (χ2v) is 7.77. The van der Waals surface area contributed by atoms with E-state index >= 15 is 0 Å². The third-order valence-corrected chi connectivity index (χ3v) is 6.31. The molecule has 8 nitrogen and oxygen atoms in total. The van der Waals surface area contributed by atoms with E-state index in [0.29, 0.717) is 30.9 Å². The number of nitrogens with zero attached hydrogens (tertiary/aromatic N) is 4. The minimum Gasteiger partial charge on any atom is -0.497 e. The van der Waals surface area contributed by atoms with Crippen LogP contribution in [0.1, 0.15) is 29.3 Å². The third kappa shape index (κ3) is 3.31. The van der Waals surface area contributed by atoms with Crippen molar-refractivity contribution in [2.24, 2.45) is 5.92 Å². The number of aromatic nitrogens is 3. The lowest BCUT2D eigenvalue weighted by Gasteiger charge is -2.36. The summed E-state index contributed by atoms with van der Waals surface area (Å²) in [4.78, 5) is 19.8. The summed E-state index contributed by atoms with van der Waals surface area (Å²) in [5.41, 5.74) is 1.01. The van der Waals surface area contributed by atoms with Gasteiger partial charge in [0.2, 0.25) is 10.8 Å². The Hall–Kier alpha value is -2.65. The highest BCUT2D eigenvalue weighted by Crippen LogP contribution is 2.41. The molecule has 9 heteroatoms. The van der Waals surface area contributed by atoms with Crippen molar-refractivity contribution in [3.63, 3.8) is 0 Å². The van der Waals surface area contributed by atoms with Gasteiger partial charge in [-0.15, -0.1) is 0 Å². The molecule has 1 fully saturated rings. The first-order chi connectivity index (χ1) is 13.6. The van der Waals surface area contributed by atoms with E-state index in [2.05, 4.69) is 15.0 Å². The summed E-state index contributed by atoms with van der Waals surface area (Å²) in [6, 6.07) is 7.66. The number of thiazole rings is 1. The number of hydrogen-bond donors (Lipinski definition) is 1. The summed E-state index contributed by atoms with van der Waals surface area (Å²) in [5.74, 6) is 0.619. The Kier molecular flexibility index (Phi) is 5.19. The molecule has 1 aliphatic rings. The number of carbonyl (C=O) groups is 1. The zero-order valence-electron chi connectivity index (χ0n) is 15.7. The summed E-state index contributed by atoms with van der Waals surface area (Å²) in [6.45, 7) is 1.43. The second-order valence-electron chi connectivity index (χ2n) is 6.76. The number of methoxy groups -OCH3 is 2. The summed E-state index contributed by atoms with van der Waals surface area (Å²) >= 11 is 1.42.